The van der Waals surface area contributed by atoms with Crippen molar-refractivity contribution < 1.29 is 18.9 Å². The first-order chi connectivity index (χ1) is 6.28. The Labute approximate surface area is 81.6 Å². The number of diazo groups is 1. The molecule has 0 atom stereocenters. The highest BCUT2D eigenvalue weighted by atomic mass is 31.1. The fraction of sp³-hybridized carbons (Fsp3) is 0.143. The third kappa shape index (κ3) is 6.00. The lowest BCUT2D eigenvalue weighted by atomic mass is 10.3. The largest absolute Gasteiger partial charge is 0.497 e. The first-order valence-corrected chi connectivity index (χ1v) is 4.01. The molecule has 0 amide bonds. The van der Waals surface area contributed by atoms with Gasteiger partial charge in [0.05, 0.1) is 7.11 Å². The van der Waals surface area contributed by atoms with E-state index < -0.39 is 8.69 Å². The smallest absolute Gasteiger partial charge is 0.385 e. The molecule has 14 heavy (non-hydrogen) atoms. The van der Waals surface area contributed by atoms with Gasteiger partial charge in [-0.05, 0) is 12.1 Å². The first kappa shape index (κ1) is 14.9. The van der Waals surface area contributed by atoms with E-state index in [1.807, 2.05) is 0 Å². The molecule has 0 heterocycles. The maximum atomic E-state index is 8.46. The first-order valence-electron chi connectivity index (χ1n) is 3.24. The monoisotopic (exact) mass is 219 g/mol. The van der Waals surface area contributed by atoms with Crippen molar-refractivity contribution in [2.24, 2.45) is 0 Å². The minimum atomic E-state index is -0.833. The van der Waals surface area contributed by atoms with Crippen LogP contribution in [0.5, 0.6) is 5.75 Å². The summed E-state index contributed by atoms with van der Waals surface area (Å²) in [7, 11) is 0.755. The van der Waals surface area contributed by atoms with Gasteiger partial charge in [0.1, 0.15) is 5.75 Å². The van der Waals surface area contributed by atoms with Crippen LogP contribution in [0.15, 0.2) is 24.3 Å². The number of halogens is 1. The number of nitrogens with zero attached hydrogens (tertiary/aromatic N) is 2. The second kappa shape index (κ2) is 9.52. The van der Waals surface area contributed by atoms with Gasteiger partial charge in [0.2, 0.25) is 5.39 Å². The van der Waals surface area contributed by atoms with Crippen molar-refractivity contribution in [1.82, 2.24) is 0 Å². The normalized spacial score (nSPS) is 7.50. The Hall–Kier alpha value is -1.57. The van der Waals surface area contributed by atoms with Crippen LogP contribution < -0.4 is 4.74 Å². The van der Waals surface area contributed by atoms with Crippen molar-refractivity contribution in [2.75, 3.05) is 7.11 Å². The SMILES string of the molecule is COc1ccc([N+]#N)cc1.F.O=PO. The third-order valence-corrected chi connectivity index (χ3v) is 1.19. The van der Waals surface area contributed by atoms with Gasteiger partial charge in [0.15, 0.2) is 4.98 Å². The number of rotatable bonds is 1. The second-order valence-electron chi connectivity index (χ2n) is 1.88. The number of benzene rings is 1. The van der Waals surface area contributed by atoms with E-state index in [9.17, 15) is 0 Å². The summed E-state index contributed by atoms with van der Waals surface area (Å²) in [5.74, 6) is 0.757. The van der Waals surface area contributed by atoms with Gasteiger partial charge in [-0.3, -0.25) is 4.70 Å². The predicted octanol–water partition coefficient (Wildman–Crippen LogP) is 2.52. The van der Waals surface area contributed by atoms with Crippen LogP contribution in [0.25, 0.3) is 4.98 Å². The van der Waals surface area contributed by atoms with Crippen LogP contribution in [-0.2, 0) is 4.57 Å². The molecule has 5 nitrogen and oxygen atoms in total. The molecule has 0 radical (unpaired) electrons. The highest BCUT2D eigenvalue weighted by molar-refractivity contribution is 7.16. The lowest BCUT2D eigenvalue weighted by Gasteiger charge is -1.93. The highest BCUT2D eigenvalue weighted by Gasteiger charge is 2.01. The molecule has 1 N–H and O–H groups in total. The molecule has 76 valence electrons. The van der Waals surface area contributed by atoms with Gasteiger partial charge < -0.3 is 9.63 Å². The van der Waals surface area contributed by atoms with E-state index in [1.54, 1.807) is 31.4 Å². The molecule has 0 aliphatic heterocycles. The summed E-state index contributed by atoms with van der Waals surface area (Å²) < 4.78 is 13.3. The summed E-state index contributed by atoms with van der Waals surface area (Å²) in [6.07, 6.45) is 0. The zero-order chi connectivity index (χ0) is 10.1. The number of hydrogen-bond acceptors (Lipinski definition) is 3. The molecule has 0 aliphatic carbocycles. The van der Waals surface area contributed by atoms with Gasteiger partial charge in [-0.1, -0.05) is 0 Å². The van der Waals surface area contributed by atoms with Crippen molar-refractivity contribution in [3.05, 3.63) is 29.2 Å². The fourth-order valence-corrected chi connectivity index (χ4v) is 0.649. The van der Waals surface area contributed by atoms with Crippen molar-refractivity contribution >= 4 is 14.4 Å². The Kier molecular flexibility index (Phi) is 10.1. The molecular weight excluding hydrogens is 210 g/mol. The summed E-state index contributed by atoms with van der Waals surface area (Å²) >= 11 is 0. The van der Waals surface area contributed by atoms with Crippen molar-refractivity contribution in [2.45, 2.75) is 0 Å². The molecule has 0 aromatic heterocycles. The Morgan fingerprint density at radius 1 is 1.43 bits per heavy atom. The molecule has 0 unspecified atom stereocenters. The van der Waals surface area contributed by atoms with Crippen LogP contribution >= 0.6 is 8.69 Å². The number of ether oxygens (including phenoxy) is 1. The van der Waals surface area contributed by atoms with E-state index in [-0.39, 0.29) is 4.70 Å². The summed E-state index contributed by atoms with van der Waals surface area (Å²) in [6, 6.07) is 6.79. The number of hydrogen-bond donors (Lipinski definition) is 1. The molecule has 7 heteroatoms. The van der Waals surface area contributed by atoms with Gasteiger partial charge in [0, 0.05) is 12.1 Å². The highest BCUT2D eigenvalue weighted by Crippen LogP contribution is 2.16. The fourth-order valence-electron chi connectivity index (χ4n) is 0.649. The van der Waals surface area contributed by atoms with Crippen LogP contribution in [0, 0.1) is 5.39 Å². The predicted molar refractivity (Wildman–Crippen MR) is 50.1 cm³/mol. The van der Waals surface area contributed by atoms with Gasteiger partial charge in [0.25, 0.3) is 0 Å². The maximum Gasteiger partial charge on any atom is 0.385 e. The van der Waals surface area contributed by atoms with Gasteiger partial charge >= 0.3 is 14.4 Å². The Bertz CT molecular complexity index is 299. The molecule has 0 spiro atoms. The molecule has 1 rings (SSSR count). The average Bonchev–Trinajstić information content (AvgIpc) is 2.19. The Morgan fingerprint density at radius 3 is 2.14 bits per heavy atom. The second-order valence-corrected chi connectivity index (χ2v) is 2.04. The summed E-state index contributed by atoms with van der Waals surface area (Å²) in [6.45, 7) is 0. The summed E-state index contributed by atoms with van der Waals surface area (Å²) in [5, 5.41) is 8.29. The van der Waals surface area contributed by atoms with Gasteiger partial charge in [-0.2, -0.15) is 0 Å². The van der Waals surface area contributed by atoms with E-state index in [0.29, 0.717) is 5.69 Å². The quantitative estimate of drug-likeness (QED) is 0.581. The van der Waals surface area contributed by atoms with Crippen molar-refractivity contribution in [3.8, 4) is 5.75 Å². The van der Waals surface area contributed by atoms with Gasteiger partial charge in [-0.15, -0.1) is 0 Å². The lowest BCUT2D eigenvalue weighted by Crippen LogP contribution is -1.79. The Balaban J connectivity index is 0. The molecule has 0 aliphatic rings. The molecule has 0 bridgehead atoms. The minimum Gasteiger partial charge on any atom is -0.497 e. The average molecular weight is 219 g/mol. The molecule has 1 aromatic rings. The van der Waals surface area contributed by atoms with E-state index in [4.69, 9.17) is 19.6 Å². The van der Waals surface area contributed by atoms with E-state index >= 15 is 0 Å². The molecular formula is C7H9FN2O3P+. The van der Waals surface area contributed by atoms with E-state index in [0.717, 1.165) is 5.75 Å². The summed E-state index contributed by atoms with van der Waals surface area (Å²) in [5.41, 5.74) is 0.529. The number of methoxy groups -OCH3 is 1. The molecule has 0 saturated heterocycles. The van der Waals surface area contributed by atoms with Crippen LogP contribution in [0.1, 0.15) is 0 Å². The van der Waals surface area contributed by atoms with Crippen molar-refractivity contribution in [3.63, 3.8) is 0 Å². The van der Waals surface area contributed by atoms with Crippen LogP contribution in [0.3, 0.4) is 0 Å². The third-order valence-electron chi connectivity index (χ3n) is 1.19. The Morgan fingerprint density at radius 2 is 1.86 bits per heavy atom. The zero-order valence-corrected chi connectivity index (χ0v) is 8.22. The molecule has 1 aromatic carbocycles. The van der Waals surface area contributed by atoms with Crippen LogP contribution in [0.4, 0.5) is 10.4 Å². The van der Waals surface area contributed by atoms with Gasteiger partial charge in [-0.25, -0.2) is 4.57 Å². The summed E-state index contributed by atoms with van der Waals surface area (Å²) in [4.78, 5) is 9.98. The van der Waals surface area contributed by atoms with E-state index in [2.05, 4.69) is 4.98 Å². The molecule has 0 saturated carbocycles. The topological polar surface area (TPSA) is 74.7 Å². The van der Waals surface area contributed by atoms with Crippen molar-refractivity contribution in [1.29, 1.82) is 5.39 Å². The van der Waals surface area contributed by atoms with Crippen LogP contribution in [0.2, 0.25) is 0 Å². The van der Waals surface area contributed by atoms with Crippen LogP contribution in [-0.4, -0.2) is 12.0 Å². The zero-order valence-electron chi connectivity index (χ0n) is 7.32. The van der Waals surface area contributed by atoms with E-state index in [1.165, 1.54) is 0 Å². The molecule has 0 fully saturated rings. The minimum absolute atomic E-state index is 0. The standard InChI is InChI=1S/C7H7N2O.FH.HO2P/c1-10-7-4-2-6(9-8)3-5-7;;1-3-2/h2-5H,1H3;1H;(H,1,2)/q+1;;. The lowest BCUT2D eigenvalue weighted by molar-refractivity contribution is 0.415. The maximum absolute atomic E-state index is 8.46.